The molecule has 1 aliphatic rings. The number of carbonyl (C=O) groups is 2. The lowest BCUT2D eigenvalue weighted by atomic mass is 10.2. The van der Waals surface area contributed by atoms with Gasteiger partial charge in [0.05, 0.1) is 19.2 Å². The fourth-order valence-corrected chi connectivity index (χ4v) is 2.52. The third kappa shape index (κ3) is 2.88. The summed E-state index contributed by atoms with van der Waals surface area (Å²) in [5, 5.41) is 3.00. The third-order valence-corrected chi connectivity index (χ3v) is 3.67. The van der Waals surface area contributed by atoms with E-state index < -0.39 is 23.7 Å². The monoisotopic (exact) mass is 314 g/mol. The Morgan fingerprint density at radius 1 is 1.13 bits per heavy atom. The van der Waals surface area contributed by atoms with Crippen molar-refractivity contribution in [3.8, 4) is 5.75 Å². The average molecular weight is 314 g/mol. The number of carbonyl (C=O) groups excluding carboxylic acids is 2. The summed E-state index contributed by atoms with van der Waals surface area (Å²) in [5.41, 5.74) is 0.675. The van der Waals surface area contributed by atoms with Crippen molar-refractivity contribution >= 4 is 23.2 Å². The lowest BCUT2D eigenvalue weighted by molar-refractivity contribution is -0.121. The second-order valence-corrected chi connectivity index (χ2v) is 5.15. The Labute approximate surface area is 132 Å². The first-order valence-electron chi connectivity index (χ1n) is 7.12. The first-order valence-corrected chi connectivity index (χ1v) is 7.12. The molecule has 2 aromatic carbocycles. The summed E-state index contributed by atoms with van der Waals surface area (Å²) in [6.45, 7) is 0. The molecule has 1 N–H and O–H groups in total. The van der Waals surface area contributed by atoms with Gasteiger partial charge in [0.2, 0.25) is 5.91 Å². The first-order chi connectivity index (χ1) is 11.1. The summed E-state index contributed by atoms with van der Waals surface area (Å²) in [5.74, 6) is -0.793. The average Bonchev–Trinajstić information content (AvgIpc) is 2.83. The number of para-hydroxylation sites is 1. The van der Waals surface area contributed by atoms with Crippen molar-refractivity contribution in [1.29, 1.82) is 0 Å². The van der Waals surface area contributed by atoms with E-state index in [0.717, 1.165) is 4.90 Å². The van der Waals surface area contributed by atoms with Gasteiger partial charge in [-0.3, -0.25) is 9.59 Å². The van der Waals surface area contributed by atoms with E-state index in [1.54, 1.807) is 37.4 Å². The van der Waals surface area contributed by atoms with E-state index in [1.165, 1.54) is 18.2 Å². The van der Waals surface area contributed by atoms with Gasteiger partial charge in [-0.2, -0.15) is 0 Å². The molecule has 1 unspecified atom stereocenters. The second-order valence-electron chi connectivity index (χ2n) is 5.15. The van der Waals surface area contributed by atoms with Crippen LogP contribution >= 0.6 is 0 Å². The van der Waals surface area contributed by atoms with E-state index in [0.29, 0.717) is 11.4 Å². The van der Waals surface area contributed by atoms with Gasteiger partial charge < -0.3 is 10.1 Å². The highest BCUT2D eigenvalue weighted by molar-refractivity contribution is 6.23. The third-order valence-electron chi connectivity index (χ3n) is 3.67. The van der Waals surface area contributed by atoms with E-state index in [1.807, 2.05) is 0 Å². The van der Waals surface area contributed by atoms with Gasteiger partial charge in [0, 0.05) is 5.69 Å². The molecule has 2 amide bonds. The molecule has 118 valence electrons. The molecule has 0 aromatic heterocycles. The Bertz CT molecular complexity index is 746. The number of ether oxygens (including phenoxy) is 1. The summed E-state index contributed by atoms with van der Waals surface area (Å²) in [4.78, 5) is 25.5. The highest BCUT2D eigenvalue weighted by Crippen LogP contribution is 2.27. The lowest BCUT2D eigenvalue weighted by Crippen LogP contribution is -2.35. The van der Waals surface area contributed by atoms with Gasteiger partial charge in [-0.05, 0) is 36.4 Å². The fraction of sp³-hybridized carbons (Fsp3) is 0.176. The Kier molecular flexibility index (Phi) is 3.97. The molecule has 1 fully saturated rings. The molecule has 5 nitrogen and oxygen atoms in total. The summed E-state index contributed by atoms with van der Waals surface area (Å²) in [6.07, 6.45) is -0.0147. The number of anilines is 2. The Balaban J connectivity index is 1.79. The molecule has 1 heterocycles. The normalized spacial score (nSPS) is 17.5. The van der Waals surface area contributed by atoms with Crippen LogP contribution in [-0.2, 0) is 9.59 Å². The molecule has 1 aliphatic heterocycles. The van der Waals surface area contributed by atoms with E-state index in [-0.39, 0.29) is 12.1 Å². The van der Waals surface area contributed by atoms with Crippen molar-refractivity contribution in [1.82, 2.24) is 0 Å². The van der Waals surface area contributed by atoms with Crippen LogP contribution in [0.4, 0.5) is 15.8 Å². The van der Waals surface area contributed by atoms with Crippen LogP contribution in [0.25, 0.3) is 0 Å². The van der Waals surface area contributed by atoms with Crippen molar-refractivity contribution in [2.24, 2.45) is 0 Å². The lowest BCUT2D eigenvalue weighted by Gasteiger charge is -2.16. The highest BCUT2D eigenvalue weighted by Gasteiger charge is 2.40. The van der Waals surface area contributed by atoms with Crippen LogP contribution in [0.2, 0.25) is 0 Å². The SMILES string of the molecule is COc1ccc(NC2CC(=O)N(c3ccccc3F)C2=O)cc1. The number of imide groups is 1. The minimum atomic E-state index is -0.712. The van der Waals surface area contributed by atoms with Crippen molar-refractivity contribution in [2.45, 2.75) is 12.5 Å². The van der Waals surface area contributed by atoms with Gasteiger partial charge in [0.15, 0.2) is 0 Å². The van der Waals surface area contributed by atoms with Crippen LogP contribution in [0, 0.1) is 5.82 Å². The minimum absolute atomic E-state index is 0.0125. The molecule has 23 heavy (non-hydrogen) atoms. The summed E-state index contributed by atoms with van der Waals surface area (Å²) >= 11 is 0. The smallest absolute Gasteiger partial charge is 0.256 e. The molecule has 1 atom stereocenters. The molecular formula is C17H15FN2O3. The Morgan fingerprint density at radius 2 is 1.83 bits per heavy atom. The number of benzene rings is 2. The molecule has 1 saturated heterocycles. The highest BCUT2D eigenvalue weighted by atomic mass is 19.1. The quantitative estimate of drug-likeness (QED) is 0.881. The Hall–Kier alpha value is -2.89. The molecule has 2 aromatic rings. The summed E-state index contributed by atoms with van der Waals surface area (Å²) in [7, 11) is 1.56. The van der Waals surface area contributed by atoms with Crippen LogP contribution in [0.15, 0.2) is 48.5 Å². The van der Waals surface area contributed by atoms with Gasteiger partial charge in [0.25, 0.3) is 5.91 Å². The molecule has 0 radical (unpaired) electrons. The minimum Gasteiger partial charge on any atom is -0.497 e. The number of amides is 2. The molecule has 0 bridgehead atoms. The number of halogens is 1. The van der Waals surface area contributed by atoms with Crippen molar-refractivity contribution in [3.05, 3.63) is 54.3 Å². The zero-order valence-electron chi connectivity index (χ0n) is 12.5. The van der Waals surface area contributed by atoms with Gasteiger partial charge in [-0.25, -0.2) is 9.29 Å². The van der Waals surface area contributed by atoms with Crippen LogP contribution in [0.1, 0.15) is 6.42 Å². The number of hydrogen-bond acceptors (Lipinski definition) is 4. The number of nitrogens with zero attached hydrogens (tertiary/aromatic N) is 1. The van der Waals surface area contributed by atoms with E-state index in [9.17, 15) is 14.0 Å². The number of hydrogen-bond donors (Lipinski definition) is 1. The van der Waals surface area contributed by atoms with Crippen LogP contribution in [0.5, 0.6) is 5.75 Å². The number of rotatable bonds is 4. The van der Waals surface area contributed by atoms with Crippen molar-refractivity contribution < 1.29 is 18.7 Å². The predicted molar refractivity (Wildman–Crippen MR) is 83.9 cm³/mol. The van der Waals surface area contributed by atoms with Gasteiger partial charge in [-0.1, -0.05) is 12.1 Å². The fourth-order valence-electron chi connectivity index (χ4n) is 2.52. The zero-order chi connectivity index (χ0) is 16.4. The molecule has 6 heteroatoms. The largest absolute Gasteiger partial charge is 0.497 e. The maximum absolute atomic E-state index is 13.8. The number of methoxy groups -OCH3 is 1. The van der Waals surface area contributed by atoms with Gasteiger partial charge in [-0.15, -0.1) is 0 Å². The Morgan fingerprint density at radius 3 is 2.48 bits per heavy atom. The maximum Gasteiger partial charge on any atom is 0.256 e. The van der Waals surface area contributed by atoms with Crippen LogP contribution < -0.4 is 15.0 Å². The molecular weight excluding hydrogens is 299 g/mol. The van der Waals surface area contributed by atoms with Crippen LogP contribution in [0.3, 0.4) is 0 Å². The van der Waals surface area contributed by atoms with E-state index in [2.05, 4.69) is 5.32 Å². The van der Waals surface area contributed by atoms with Gasteiger partial charge >= 0.3 is 0 Å². The molecule has 3 rings (SSSR count). The first kappa shape index (κ1) is 15.0. The maximum atomic E-state index is 13.8. The predicted octanol–water partition coefficient (Wildman–Crippen LogP) is 2.58. The summed E-state index contributed by atoms with van der Waals surface area (Å²) < 4.78 is 18.9. The van der Waals surface area contributed by atoms with Crippen LogP contribution in [-0.4, -0.2) is 25.0 Å². The van der Waals surface area contributed by atoms with Crippen molar-refractivity contribution in [3.63, 3.8) is 0 Å². The van der Waals surface area contributed by atoms with E-state index in [4.69, 9.17) is 4.74 Å². The zero-order valence-corrected chi connectivity index (χ0v) is 12.5. The molecule has 0 saturated carbocycles. The van der Waals surface area contributed by atoms with E-state index >= 15 is 0 Å². The van der Waals surface area contributed by atoms with Gasteiger partial charge in [0.1, 0.15) is 17.6 Å². The molecule has 0 aliphatic carbocycles. The standard InChI is InChI=1S/C17H15FN2O3/c1-23-12-8-6-11(7-9-12)19-14-10-16(21)20(17(14)22)15-5-3-2-4-13(15)18/h2-9,14,19H,10H2,1H3. The topological polar surface area (TPSA) is 58.6 Å². The molecule has 0 spiro atoms. The second kappa shape index (κ2) is 6.08. The summed E-state index contributed by atoms with van der Waals surface area (Å²) in [6, 6.07) is 12.0. The number of nitrogens with one attached hydrogen (secondary N) is 1. The van der Waals surface area contributed by atoms with Crippen molar-refractivity contribution in [2.75, 3.05) is 17.3 Å².